The molecule has 0 fully saturated rings. The predicted molar refractivity (Wildman–Crippen MR) is 74.8 cm³/mol. The van der Waals surface area contributed by atoms with Crippen molar-refractivity contribution in [3.05, 3.63) is 35.5 Å². The first-order chi connectivity index (χ1) is 7.79. The van der Waals surface area contributed by atoms with Crippen molar-refractivity contribution in [1.82, 2.24) is 0 Å². The summed E-state index contributed by atoms with van der Waals surface area (Å²) < 4.78 is 5.51. The molecule has 1 rings (SSSR count). The number of hydrogen-bond donors (Lipinski definition) is 0. The highest BCUT2D eigenvalue weighted by atomic mass is 16.5. The molecule has 1 heterocycles. The van der Waals surface area contributed by atoms with E-state index in [2.05, 4.69) is 31.2 Å². The molecule has 16 heavy (non-hydrogen) atoms. The molecule has 0 amide bonds. The first-order valence-electron chi connectivity index (χ1n) is 6.39. The van der Waals surface area contributed by atoms with Crippen molar-refractivity contribution in [2.75, 3.05) is 6.61 Å². The van der Waals surface area contributed by atoms with Crippen molar-refractivity contribution in [3.63, 3.8) is 0 Å². The Hall–Kier alpha value is -0.820. The van der Waals surface area contributed by atoms with Gasteiger partial charge in [0.25, 0.3) is 0 Å². The molecule has 1 atom stereocenters. The smallest absolute Gasteiger partial charge is 0.0804 e. The summed E-state index contributed by atoms with van der Waals surface area (Å²) in [5.74, 6) is 0. The summed E-state index contributed by atoms with van der Waals surface area (Å²) in [4.78, 5) is 0. The van der Waals surface area contributed by atoms with Crippen LogP contribution in [0.25, 0.3) is 0 Å². The Kier molecular flexibility index (Phi) is 13.5. The average Bonchev–Trinajstić information content (AvgIpc) is 2.68. The SMILES string of the molecule is C/C=C\C1=C(/C=C\C)C(C)OC1.CC.CC. The van der Waals surface area contributed by atoms with Crippen molar-refractivity contribution < 1.29 is 4.74 Å². The maximum absolute atomic E-state index is 5.51. The Morgan fingerprint density at radius 2 is 1.50 bits per heavy atom. The fourth-order valence-electron chi connectivity index (χ4n) is 1.42. The van der Waals surface area contributed by atoms with Gasteiger partial charge in [0.2, 0.25) is 0 Å². The summed E-state index contributed by atoms with van der Waals surface area (Å²) in [6, 6.07) is 0. The minimum absolute atomic E-state index is 0.257. The molecule has 0 aromatic carbocycles. The van der Waals surface area contributed by atoms with Gasteiger partial charge in [0.05, 0.1) is 12.7 Å². The molecule has 1 heteroatoms. The van der Waals surface area contributed by atoms with E-state index in [-0.39, 0.29) is 6.10 Å². The van der Waals surface area contributed by atoms with Gasteiger partial charge in [-0.05, 0) is 31.9 Å². The maximum Gasteiger partial charge on any atom is 0.0804 e. The standard InChI is InChI=1S/C11H16O.2C2H6/c1-4-6-10-8-12-9(3)11(10)7-5-2;2*1-2/h4-7,9H,8H2,1-3H3;2*1-2H3/b6-4-,7-5-;;. The topological polar surface area (TPSA) is 9.23 Å². The Morgan fingerprint density at radius 1 is 1.00 bits per heavy atom. The monoisotopic (exact) mass is 224 g/mol. The van der Waals surface area contributed by atoms with Crippen LogP contribution in [0.1, 0.15) is 48.5 Å². The lowest BCUT2D eigenvalue weighted by Crippen LogP contribution is -2.01. The minimum atomic E-state index is 0.257. The summed E-state index contributed by atoms with van der Waals surface area (Å²) in [6.07, 6.45) is 8.63. The van der Waals surface area contributed by atoms with Crippen LogP contribution in [-0.4, -0.2) is 12.7 Å². The van der Waals surface area contributed by atoms with Crippen molar-refractivity contribution >= 4 is 0 Å². The van der Waals surface area contributed by atoms with Crippen LogP contribution in [-0.2, 0) is 4.74 Å². The number of ether oxygens (including phenoxy) is 1. The molecule has 1 unspecified atom stereocenters. The highest BCUT2D eigenvalue weighted by Gasteiger charge is 2.17. The van der Waals surface area contributed by atoms with E-state index in [1.54, 1.807) is 0 Å². The first-order valence-corrected chi connectivity index (χ1v) is 6.39. The second-order valence-electron chi connectivity index (χ2n) is 2.93. The predicted octanol–water partition coefficient (Wildman–Crippen LogP) is 4.91. The minimum Gasteiger partial charge on any atom is -0.369 e. The molecule has 0 saturated carbocycles. The van der Waals surface area contributed by atoms with E-state index in [4.69, 9.17) is 4.74 Å². The van der Waals surface area contributed by atoms with Crippen LogP contribution in [0, 0.1) is 0 Å². The summed E-state index contributed by atoms with van der Waals surface area (Å²) in [5, 5.41) is 0. The Labute approximate surface area is 102 Å². The van der Waals surface area contributed by atoms with Gasteiger partial charge in [0.1, 0.15) is 0 Å². The molecule has 0 aromatic heterocycles. The summed E-state index contributed by atoms with van der Waals surface area (Å²) >= 11 is 0. The van der Waals surface area contributed by atoms with E-state index < -0.39 is 0 Å². The van der Waals surface area contributed by atoms with E-state index in [1.165, 1.54) is 11.1 Å². The second kappa shape index (κ2) is 12.3. The van der Waals surface area contributed by atoms with E-state index in [0.717, 1.165) is 6.61 Å². The van der Waals surface area contributed by atoms with Crippen LogP contribution in [0.4, 0.5) is 0 Å². The van der Waals surface area contributed by atoms with Crippen molar-refractivity contribution in [1.29, 1.82) is 0 Å². The van der Waals surface area contributed by atoms with Gasteiger partial charge in [-0.15, -0.1) is 0 Å². The highest BCUT2D eigenvalue weighted by Crippen LogP contribution is 2.22. The Morgan fingerprint density at radius 3 is 1.94 bits per heavy atom. The summed E-state index contributed by atoms with van der Waals surface area (Å²) in [7, 11) is 0. The summed E-state index contributed by atoms with van der Waals surface area (Å²) in [5.41, 5.74) is 2.62. The molecular weight excluding hydrogens is 196 g/mol. The quantitative estimate of drug-likeness (QED) is 0.648. The molecule has 0 N–H and O–H groups in total. The molecule has 1 nitrogen and oxygen atoms in total. The summed E-state index contributed by atoms with van der Waals surface area (Å²) in [6.45, 7) is 14.9. The Bertz CT molecular complexity index is 234. The van der Waals surface area contributed by atoms with Gasteiger partial charge in [0.15, 0.2) is 0 Å². The van der Waals surface area contributed by atoms with Crippen molar-refractivity contribution in [3.8, 4) is 0 Å². The van der Waals surface area contributed by atoms with E-state index >= 15 is 0 Å². The molecule has 1 aliphatic heterocycles. The third-order valence-corrected chi connectivity index (χ3v) is 2.01. The zero-order valence-corrected chi connectivity index (χ0v) is 12.0. The third kappa shape index (κ3) is 5.92. The number of allylic oxidation sites excluding steroid dienone is 2. The van der Waals surface area contributed by atoms with Crippen LogP contribution >= 0.6 is 0 Å². The molecule has 0 bridgehead atoms. The molecule has 0 radical (unpaired) electrons. The number of hydrogen-bond acceptors (Lipinski definition) is 1. The first kappa shape index (κ1) is 17.6. The van der Waals surface area contributed by atoms with Crippen LogP contribution in [0.5, 0.6) is 0 Å². The van der Waals surface area contributed by atoms with Gasteiger partial charge >= 0.3 is 0 Å². The molecule has 1 aliphatic rings. The Balaban J connectivity index is 0. The van der Waals surface area contributed by atoms with Crippen LogP contribution in [0.15, 0.2) is 35.5 Å². The fourth-order valence-corrected chi connectivity index (χ4v) is 1.42. The van der Waals surface area contributed by atoms with Gasteiger partial charge in [-0.3, -0.25) is 0 Å². The van der Waals surface area contributed by atoms with Crippen molar-refractivity contribution in [2.24, 2.45) is 0 Å². The molecule has 0 spiro atoms. The van der Waals surface area contributed by atoms with Gasteiger partial charge in [-0.2, -0.15) is 0 Å². The zero-order chi connectivity index (χ0) is 13.0. The zero-order valence-electron chi connectivity index (χ0n) is 12.0. The average molecular weight is 224 g/mol. The molecular formula is C15H28O. The van der Waals surface area contributed by atoms with Crippen LogP contribution < -0.4 is 0 Å². The largest absolute Gasteiger partial charge is 0.369 e. The van der Waals surface area contributed by atoms with Gasteiger partial charge < -0.3 is 4.74 Å². The second-order valence-corrected chi connectivity index (χ2v) is 2.93. The fraction of sp³-hybridized carbons (Fsp3) is 0.600. The highest BCUT2D eigenvalue weighted by molar-refractivity contribution is 5.38. The molecule has 0 saturated heterocycles. The van der Waals surface area contributed by atoms with Crippen LogP contribution in [0.3, 0.4) is 0 Å². The number of rotatable bonds is 2. The van der Waals surface area contributed by atoms with Gasteiger partial charge in [-0.25, -0.2) is 0 Å². The normalized spacial score (nSPS) is 19.6. The molecule has 94 valence electrons. The van der Waals surface area contributed by atoms with Gasteiger partial charge in [0, 0.05) is 0 Å². The molecule has 0 aliphatic carbocycles. The van der Waals surface area contributed by atoms with E-state index in [0.29, 0.717) is 0 Å². The van der Waals surface area contributed by atoms with Crippen LogP contribution in [0.2, 0.25) is 0 Å². The lowest BCUT2D eigenvalue weighted by Gasteiger charge is -2.02. The lowest BCUT2D eigenvalue weighted by molar-refractivity contribution is 0.136. The van der Waals surface area contributed by atoms with Crippen molar-refractivity contribution in [2.45, 2.75) is 54.6 Å². The van der Waals surface area contributed by atoms with Gasteiger partial charge in [-0.1, -0.05) is 52.0 Å². The molecule has 0 aromatic rings. The third-order valence-electron chi connectivity index (χ3n) is 2.01. The maximum atomic E-state index is 5.51. The van der Waals surface area contributed by atoms with E-state index in [1.807, 2.05) is 41.5 Å². The van der Waals surface area contributed by atoms with E-state index in [9.17, 15) is 0 Å². The lowest BCUT2D eigenvalue weighted by atomic mass is 10.1.